The van der Waals surface area contributed by atoms with Crippen molar-refractivity contribution in [2.24, 2.45) is 0 Å². The predicted octanol–water partition coefficient (Wildman–Crippen LogP) is 13.3. The van der Waals surface area contributed by atoms with E-state index in [1.807, 2.05) is 0 Å². The van der Waals surface area contributed by atoms with Gasteiger partial charge in [0.25, 0.3) is 0 Å². The van der Waals surface area contributed by atoms with Gasteiger partial charge in [-0.15, -0.1) is 0 Å². The van der Waals surface area contributed by atoms with Crippen molar-refractivity contribution in [2.45, 2.75) is 19.3 Å². The van der Waals surface area contributed by atoms with Crippen LogP contribution in [0.5, 0.6) is 0 Å². The van der Waals surface area contributed by atoms with Crippen molar-refractivity contribution in [1.82, 2.24) is 0 Å². The molecule has 0 aliphatic heterocycles. The van der Waals surface area contributed by atoms with E-state index in [2.05, 4.69) is 183 Å². The molecule has 0 saturated carbocycles. The lowest BCUT2D eigenvalue weighted by Gasteiger charge is -2.26. The van der Waals surface area contributed by atoms with Crippen LogP contribution in [-0.2, 0) is 5.41 Å². The molecule has 0 radical (unpaired) electrons. The van der Waals surface area contributed by atoms with E-state index >= 15 is 0 Å². The molecule has 232 valence electrons. The Balaban J connectivity index is 1.17. The molecule has 9 aromatic rings. The van der Waals surface area contributed by atoms with Gasteiger partial charge in [0.2, 0.25) is 0 Å². The Morgan fingerprint density at radius 3 is 1.76 bits per heavy atom. The maximum absolute atomic E-state index is 6.90. The van der Waals surface area contributed by atoms with Crippen LogP contribution in [-0.4, -0.2) is 0 Å². The Labute approximate surface area is 285 Å². The van der Waals surface area contributed by atoms with Crippen LogP contribution in [0.3, 0.4) is 0 Å². The van der Waals surface area contributed by atoms with Gasteiger partial charge in [0.05, 0.1) is 5.69 Å². The van der Waals surface area contributed by atoms with Crippen LogP contribution < -0.4 is 4.90 Å². The standard InChI is InChI=1S/C47H33NO/c1-47(2)42-28-32-16-10-9-15-31(32)26-40(42)41-27-33-23-24-36(25-34(33)29-43(41)47)48(35-17-7-4-8-18-35)44-22-12-21-39-38-20-11-19-37(45(38)49-46(39)44)30-13-5-3-6-14-30/h3-29H,1-2H3. The summed E-state index contributed by atoms with van der Waals surface area (Å²) in [7, 11) is 0. The summed E-state index contributed by atoms with van der Waals surface area (Å²) in [6, 6.07) is 59.3. The van der Waals surface area contributed by atoms with Crippen molar-refractivity contribution in [3.8, 4) is 22.3 Å². The third kappa shape index (κ3) is 4.20. The maximum atomic E-state index is 6.90. The second kappa shape index (κ2) is 10.4. The van der Waals surface area contributed by atoms with Gasteiger partial charge in [-0.05, 0) is 104 Å². The first-order chi connectivity index (χ1) is 24.0. The number of hydrogen-bond donors (Lipinski definition) is 0. The van der Waals surface area contributed by atoms with Crippen LogP contribution >= 0.6 is 0 Å². The fraction of sp³-hybridized carbons (Fsp3) is 0.0638. The Morgan fingerprint density at radius 2 is 1.02 bits per heavy atom. The minimum atomic E-state index is -0.103. The summed E-state index contributed by atoms with van der Waals surface area (Å²) >= 11 is 0. The summed E-state index contributed by atoms with van der Waals surface area (Å²) in [4.78, 5) is 2.34. The summed E-state index contributed by atoms with van der Waals surface area (Å²) in [5.74, 6) is 0. The fourth-order valence-corrected chi connectivity index (χ4v) is 8.12. The zero-order valence-electron chi connectivity index (χ0n) is 27.4. The maximum Gasteiger partial charge on any atom is 0.159 e. The van der Waals surface area contributed by atoms with E-state index in [4.69, 9.17) is 4.42 Å². The Morgan fingerprint density at radius 1 is 0.429 bits per heavy atom. The van der Waals surface area contributed by atoms with Crippen molar-refractivity contribution in [3.63, 3.8) is 0 Å². The topological polar surface area (TPSA) is 16.4 Å². The van der Waals surface area contributed by atoms with Crippen molar-refractivity contribution in [3.05, 3.63) is 175 Å². The number of anilines is 3. The normalized spacial score (nSPS) is 13.3. The van der Waals surface area contributed by atoms with Gasteiger partial charge in [0, 0.05) is 33.1 Å². The first-order valence-electron chi connectivity index (χ1n) is 17.0. The molecule has 1 aliphatic rings. The molecule has 49 heavy (non-hydrogen) atoms. The molecule has 1 aromatic heterocycles. The fourth-order valence-electron chi connectivity index (χ4n) is 8.12. The molecule has 1 heterocycles. The molecule has 0 spiro atoms. The van der Waals surface area contributed by atoms with Crippen LogP contribution in [0.1, 0.15) is 25.0 Å². The van der Waals surface area contributed by atoms with E-state index in [0.29, 0.717) is 0 Å². The number of para-hydroxylation sites is 3. The van der Waals surface area contributed by atoms with Gasteiger partial charge in [0.15, 0.2) is 5.58 Å². The van der Waals surface area contributed by atoms with Gasteiger partial charge in [0.1, 0.15) is 5.58 Å². The minimum absolute atomic E-state index is 0.103. The Bertz CT molecular complexity index is 2740. The summed E-state index contributed by atoms with van der Waals surface area (Å²) in [6.45, 7) is 4.73. The molecule has 0 saturated heterocycles. The second-order valence-electron chi connectivity index (χ2n) is 13.8. The third-order valence-corrected chi connectivity index (χ3v) is 10.6. The van der Waals surface area contributed by atoms with E-state index in [1.54, 1.807) is 0 Å². The van der Waals surface area contributed by atoms with Gasteiger partial charge in [-0.1, -0.05) is 123 Å². The van der Waals surface area contributed by atoms with Gasteiger partial charge in [-0.25, -0.2) is 0 Å². The van der Waals surface area contributed by atoms with Gasteiger partial charge < -0.3 is 9.32 Å². The van der Waals surface area contributed by atoms with E-state index in [9.17, 15) is 0 Å². The van der Waals surface area contributed by atoms with Crippen LogP contribution in [0.2, 0.25) is 0 Å². The van der Waals surface area contributed by atoms with E-state index in [0.717, 1.165) is 50.1 Å². The van der Waals surface area contributed by atoms with E-state index in [1.165, 1.54) is 43.8 Å². The van der Waals surface area contributed by atoms with Gasteiger partial charge in [-0.3, -0.25) is 0 Å². The summed E-state index contributed by atoms with van der Waals surface area (Å²) in [5.41, 5.74) is 12.6. The highest BCUT2D eigenvalue weighted by atomic mass is 16.3. The third-order valence-electron chi connectivity index (χ3n) is 10.6. The molecule has 0 fully saturated rings. The quantitative estimate of drug-likeness (QED) is 0.193. The molecular weight excluding hydrogens is 595 g/mol. The number of fused-ring (bicyclic) bond motifs is 8. The number of hydrogen-bond acceptors (Lipinski definition) is 2. The average molecular weight is 628 g/mol. The average Bonchev–Trinajstić information content (AvgIpc) is 3.63. The highest BCUT2D eigenvalue weighted by molar-refractivity contribution is 6.13. The number of benzene rings is 8. The van der Waals surface area contributed by atoms with Crippen molar-refractivity contribution < 1.29 is 4.42 Å². The van der Waals surface area contributed by atoms with Crippen molar-refractivity contribution in [2.75, 3.05) is 4.90 Å². The van der Waals surface area contributed by atoms with Crippen LogP contribution in [0, 0.1) is 0 Å². The number of furan rings is 1. The molecule has 8 aromatic carbocycles. The molecule has 0 N–H and O–H groups in total. The van der Waals surface area contributed by atoms with Gasteiger partial charge >= 0.3 is 0 Å². The predicted molar refractivity (Wildman–Crippen MR) is 206 cm³/mol. The first-order valence-corrected chi connectivity index (χ1v) is 17.0. The molecule has 2 heteroatoms. The summed E-state index contributed by atoms with van der Waals surface area (Å²) in [5, 5.41) is 7.27. The van der Waals surface area contributed by atoms with Crippen LogP contribution in [0.15, 0.2) is 168 Å². The lowest BCUT2D eigenvalue weighted by atomic mass is 9.81. The van der Waals surface area contributed by atoms with E-state index < -0.39 is 0 Å². The summed E-state index contributed by atoms with van der Waals surface area (Å²) < 4.78 is 6.90. The molecule has 1 aliphatic carbocycles. The highest BCUT2D eigenvalue weighted by Crippen LogP contribution is 2.52. The Hall–Kier alpha value is -6.12. The second-order valence-corrected chi connectivity index (χ2v) is 13.8. The van der Waals surface area contributed by atoms with Crippen LogP contribution in [0.25, 0.3) is 65.7 Å². The minimum Gasteiger partial charge on any atom is -0.453 e. The Kier molecular flexibility index (Phi) is 5.95. The monoisotopic (exact) mass is 627 g/mol. The lowest BCUT2D eigenvalue weighted by molar-refractivity contribution is 0.662. The molecule has 0 atom stereocenters. The van der Waals surface area contributed by atoms with Crippen molar-refractivity contribution >= 4 is 60.5 Å². The highest BCUT2D eigenvalue weighted by Gasteiger charge is 2.36. The summed E-state index contributed by atoms with van der Waals surface area (Å²) in [6.07, 6.45) is 0. The number of nitrogens with zero attached hydrogens (tertiary/aromatic N) is 1. The molecule has 0 unspecified atom stereocenters. The molecule has 0 amide bonds. The largest absolute Gasteiger partial charge is 0.453 e. The SMILES string of the molecule is CC1(C)c2cc3ccccc3cc2-c2cc3ccc(N(c4ccccc4)c4cccc5c4oc4c(-c6ccccc6)cccc45)cc3cc21. The lowest BCUT2D eigenvalue weighted by Crippen LogP contribution is -2.15. The van der Waals surface area contributed by atoms with Crippen LogP contribution in [0.4, 0.5) is 17.1 Å². The smallest absolute Gasteiger partial charge is 0.159 e. The zero-order valence-corrected chi connectivity index (χ0v) is 27.4. The first kappa shape index (κ1) is 27.9. The molecule has 10 rings (SSSR count). The zero-order chi connectivity index (χ0) is 32.7. The van der Waals surface area contributed by atoms with Gasteiger partial charge in [-0.2, -0.15) is 0 Å². The molecular formula is C47H33NO. The molecule has 2 nitrogen and oxygen atoms in total. The van der Waals surface area contributed by atoms with E-state index in [-0.39, 0.29) is 5.41 Å². The number of rotatable bonds is 4. The van der Waals surface area contributed by atoms with Crippen molar-refractivity contribution in [1.29, 1.82) is 0 Å². The molecule has 0 bridgehead atoms.